The first-order chi connectivity index (χ1) is 13.2. The van der Waals surface area contributed by atoms with Gasteiger partial charge < -0.3 is 15.1 Å². The molecule has 1 aromatic carbocycles. The van der Waals surface area contributed by atoms with Crippen LogP contribution in [0.2, 0.25) is 0 Å². The van der Waals surface area contributed by atoms with Crippen molar-refractivity contribution in [3.63, 3.8) is 0 Å². The zero-order chi connectivity index (χ0) is 18.6. The van der Waals surface area contributed by atoms with Crippen LogP contribution in [-0.4, -0.2) is 49.7 Å². The Kier molecular flexibility index (Phi) is 6.05. The summed E-state index contributed by atoms with van der Waals surface area (Å²) in [5.74, 6) is 0.881. The van der Waals surface area contributed by atoms with Crippen molar-refractivity contribution in [3.05, 3.63) is 29.3 Å². The smallest absolute Gasteiger partial charge is 0.275 e. The van der Waals surface area contributed by atoms with Crippen LogP contribution in [0.25, 0.3) is 10.2 Å². The second kappa shape index (κ2) is 8.67. The van der Waals surface area contributed by atoms with Gasteiger partial charge in [0.2, 0.25) is 0 Å². The Morgan fingerprint density at radius 2 is 1.89 bits per heavy atom. The molecule has 1 saturated carbocycles. The van der Waals surface area contributed by atoms with Crippen molar-refractivity contribution in [2.24, 2.45) is 5.92 Å². The number of carbonyl (C=O) groups is 1. The molecule has 0 unspecified atom stereocenters. The number of benzene rings is 1. The minimum absolute atomic E-state index is 0.248. The third kappa shape index (κ3) is 4.86. The monoisotopic (exact) mass is 388 g/mol. The summed E-state index contributed by atoms with van der Waals surface area (Å²) in [6.07, 6.45) is 4.99. The largest absolute Gasteiger partial charge is 0.348 e. The number of nitrogens with zero attached hydrogens (tertiary/aromatic N) is 1. The summed E-state index contributed by atoms with van der Waals surface area (Å²) in [5, 5.41) is 4.54. The summed E-state index contributed by atoms with van der Waals surface area (Å²) >= 11 is 1.82. The zero-order valence-corrected chi connectivity index (χ0v) is 17.1. The van der Waals surface area contributed by atoms with Gasteiger partial charge in [0.05, 0.1) is 10.2 Å². The van der Waals surface area contributed by atoms with Gasteiger partial charge >= 0.3 is 0 Å². The van der Waals surface area contributed by atoms with Gasteiger partial charge in [0.15, 0.2) is 6.54 Å². The van der Waals surface area contributed by atoms with E-state index in [4.69, 9.17) is 4.98 Å². The van der Waals surface area contributed by atoms with Gasteiger partial charge in [-0.1, -0.05) is 31.9 Å². The van der Waals surface area contributed by atoms with Gasteiger partial charge in [0, 0.05) is 6.04 Å². The average molecular weight is 389 g/mol. The number of quaternary nitrogens is 2. The Balaban J connectivity index is 1.22. The van der Waals surface area contributed by atoms with E-state index in [1.54, 1.807) is 4.90 Å². The summed E-state index contributed by atoms with van der Waals surface area (Å²) < 4.78 is 1.28. The normalized spacial score (nSPS) is 28.9. The van der Waals surface area contributed by atoms with Crippen molar-refractivity contribution >= 4 is 27.5 Å². The van der Waals surface area contributed by atoms with E-state index in [1.165, 1.54) is 33.9 Å². The molecule has 1 saturated heterocycles. The van der Waals surface area contributed by atoms with Crippen LogP contribution in [0.15, 0.2) is 24.3 Å². The number of aromatic nitrogens is 1. The molecule has 4 rings (SSSR count). The molecular weight excluding hydrogens is 356 g/mol. The fraction of sp³-hybridized carbons (Fsp3) is 0.619. The number of nitrogens with one attached hydrogen (secondary N) is 3. The van der Waals surface area contributed by atoms with Crippen LogP contribution in [0.5, 0.6) is 0 Å². The van der Waals surface area contributed by atoms with E-state index in [1.807, 2.05) is 11.3 Å². The molecule has 2 aromatic rings. The van der Waals surface area contributed by atoms with E-state index in [9.17, 15) is 4.79 Å². The maximum absolute atomic E-state index is 12.4. The highest BCUT2D eigenvalue weighted by Gasteiger charge is 2.28. The van der Waals surface area contributed by atoms with E-state index >= 15 is 0 Å². The Morgan fingerprint density at radius 3 is 2.67 bits per heavy atom. The highest BCUT2D eigenvalue weighted by Crippen LogP contribution is 2.23. The molecule has 6 heteroatoms. The average Bonchev–Trinajstić information content (AvgIpc) is 3.07. The summed E-state index contributed by atoms with van der Waals surface area (Å²) in [4.78, 5) is 20.3. The second-order valence-electron chi connectivity index (χ2n) is 8.36. The molecule has 2 aliphatic rings. The molecule has 2 heterocycles. The lowest BCUT2D eigenvalue weighted by Gasteiger charge is -2.31. The van der Waals surface area contributed by atoms with Crippen LogP contribution in [0.1, 0.15) is 37.6 Å². The number of para-hydroxylation sites is 1. The van der Waals surface area contributed by atoms with Crippen LogP contribution < -0.4 is 15.1 Å². The number of fused-ring (bicyclic) bond motifs is 1. The fourth-order valence-corrected chi connectivity index (χ4v) is 5.57. The lowest BCUT2D eigenvalue weighted by atomic mass is 9.86. The number of piperazine rings is 1. The Bertz CT molecular complexity index is 735. The van der Waals surface area contributed by atoms with Crippen molar-refractivity contribution in [1.29, 1.82) is 0 Å². The van der Waals surface area contributed by atoms with E-state index < -0.39 is 0 Å². The van der Waals surface area contributed by atoms with Crippen molar-refractivity contribution < 1.29 is 14.6 Å². The molecule has 27 heavy (non-hydrogen) atoms. The second-order valence-corrected chi connectivity index (χ2v) is 9.48. The first-order valence-corrected chi connectivity index (χ1v) is 11.3. The predicted octanol–water partition coefficient (Wildman–Crippen LogP) is 0.275. The van der Waals surface area contributed by atoms with Gasteiger partial charge in [-0.3, -0.25) is 4.79 Å². The number of rotatable bonds is 5. The van der Waals surface area contributed by atoms with E-state index in [0.717, 1.165) is 44.7 Å². The Morgan fingerprint density at radius 1 is 1.15 bits per heavy atom. The zero-order valence-electron chi connectivity index (χ0n) is 16.3. The van der Waals surface area contributed by atoms with Crippen molar-refractivity contribution in [2.75, 3.05) is 32.7 Å². The van der Waals surface area contributed by atoms with Crippen LogP contribution in [0.3, 0.4) is 0 Å². The molecule has 0 radical (unpaired) electrons. The highest BCUT2D eigenvalue weighted by atomic mass is 32.1. The molecule has 1 aliphatic heterocycles. The van der Waals surface area contributed by atoms with E-state index in [0.29, 0.717) is 18.5 Å². The van der Waals surface area contributed by atoms with Gasteiger partial charge in [-0.25, -0.2) is 4.98 Å². The summed E-state index contributed by atoms with van der Waals surface area (Å²) in [6, 6.07) is 8.79. The van der Waals surface area contributed by atoms with Crippen LogP contribution in [0.4, 0.5) is 0 Å². The number of thiazole rings is 1. The van der Waals surface area contributed by atoms with Crippen molar-refractivity contribution in [3.8, 4) is 0 Å². The van der Waals surface area contributed by atoms with Crippen LogP contribution in [0, 0.1) is 5.92 Å². The van der Waals surface area contributed by atoms with Gasteiger partial charge in [-0.15, -0.1) is 11.3 Å². The van der Waals surface area contributed by atoms with Crippen LogP contribution >= 0.6 is 11.3 Å². The maximum atomic E-state index is 12.4. The molecule has 0 bridgehead atoms. The van der Waals surface area contributed by atoms with Crippen molar-refractivity contribution in [1.82, 2.24) is 10.3 Å². The topological polar surface area (TPSA) is 50.9 Å². The lowest BCUT2D eigenvalue weighted by Crippen LogP contribution is -3.28. The Hall–Kier alpha value is -1.50. The molecule has 146 valence electrons. The van der Waals surface area contributed by atoms with E-state index in [2.05, 4.69) is 36.5 Å². The number of hydrogen-bond acceptors (Lipinski definition) is 3. The molecule has 5 nitrogen and oxygen atoms in total. The first-order valence-electron chi connectivity index (χ1n) is 10.5. The van der Waals surface area contributed by atoms with Crippen molar-refractivity contribution in [2.45, 2.75) is 45.2 Å². The SMILES string of the molecule is C[C@@H]1CCCC[C@H]1NC(=O)C[NH+]1CC[NH+](Cc2nc3ccccc3s2)CC1. The molecular formula is C21H32N4OS+2. The Labute approximate surface area is 165 Å². The molecule has 3 N–H and O–H groups in total. The maximum Gasteiger partial charge on any atom is 0.275 e. The summed E-state index contributed by atoms with van der Waals surface area (Å²) in [7, 11) is 0. The number of hydrogen-bond donors (Lipinski definition) is 3. The standard InChI is InChI=1S/C21H30N4OS/c1-16-6-2-3-7-17(16)22-20(26)14-24-10-12-25(13-11-24)15-21-23-18-8-4-5-9-19(18)27-21/h4-5,8-9,16-17H,2-3,6-7,10-15H2,1H3,(H,22,26)/p+2/t16-,17-/m1/s1. The number of carbonyl (C=O) groups excluding carboxylic acids is 1. The van der Waals surface area contributed by atoms with Gasteiger partial charge in [-0.05, 0) is 30.9 Å². The minimum atomic E-state index is 0.248. The molecule has 1 amide bonds. The third-order valence-electron chi connectivity index (χ3n) is 6.27. The van der Waals surface area contributed by atoms with Gasteiger partial charge in [0.25, 0.3) is 5.91 Å². The summed E-state index contributed by atoms with van der Waals surface area (Å²) in [6.45, 7) is 8.33. The number of amides is 1. The third-order valence-corrected chi connectivity index (χ3v) is 7.31. The summed E-state index contributed by atoms with van der Waals surface area (Å²) in [5.41, 5.74) is 1.12. The van der Waals surface area contributed by atoms with Gasteiger partial charge in [0.1, 0.15) is 37.7 Å². The molecule has 1 aliphatic carbocycles. The molecule has 2 atom stereocenters. The first kappa shape index (κ1) is 18.8. The molecule has 1 aromatic heterocycles. The minimum Gasteiger partial charge on any atom is -0.348 e. The van der Waals surface area contributed by atoms with Gasteiger partial charge in [-0.2, -0.15) is 0 Å². The quantitative estimate of drug-likeness (QED) is 0.689. The van der Waals surface area contributed by atoms with Crippen LogP contribution in [-0.2, 0) is 11.3 Å². The fourth-order valence-electron chi connectivity index (χ4n) is 4.54. The highest BCUT2D eigenvalue weighted by molar-refractivity contribution is 7.18. The lowest BCUT2D eigenvalue weighted by molar-refractivity contribution is -1.02. The molecule has 2 fully saturated rings. The van der Waals surface area contributed by atoms with E-state index in [-0.39, 0.29) is 5.91 Å². The predicted molar refractivity (Wildman–Crippen MR) is 109 cm³/mol. The molecule has 0 spiro atoms.